The third kappa shape index (κ3) is 8.76. The van der Waals surface area contributed by atoms with Gasteiger partial charge < -0.3 is 114 Å². The minimum Gasteiger partial charge on any atom is -0.507 e. The first-order valence-electron chi connectivity index (χ1n) is 19.3. The summed E-state index contributed by atoms with van der Waals surface area (Å²) >= 11 is 0. The van der Waals surface area contributed by atoms with Gasteiger partial charge in [-0.15, -0.1) is 0 Å². The molecule has 0 radical (unpaired) electrons. The Kier molecular flexibility index (Phi) is 13.5. The summed E-state index contributed by atoms with van der Waals surface area (Å²) in [6.45, 7) is 1.55. The Bertz CT molecular complexity index is 2100. The Labute approximate surface area is 349 Å². The van der Waals surface area contributed by atoms with Crippen LogP contribution in [0.15, 0.2) is 39.5 Å². The molecule has 19 unspecified atom stereocenters. The molecule has 0 amide bonds. The van der Waals surface area contributed by atoms with Crippen molar-refractivity contribution in [2.75, 3.05) is 13.2 Å². The average molecular weight is 889 g/mol. The van der Waals surface area contributed by atoms with Gasteiger partial charge in [0.15, 0.2) is 36.1 Å². The second-order valence-corrected chi connectivity index (χ2v) is 15.4. The molecule has 24 heteroatoms. The summed E-state index contributed by atoms with van der Waals surface area (Å²) in [5.74, 6) is -3.58. The van der Waals surface area contributed by atoms with E-state index in [0.717, 1.165) is 24.3 Å². The van der Waals surface area contributed by atoms with Crippen molar-refractivity contribution in [1.82, 2.24) is 0 Å². The monoisotopic (exact) mass is 888 g/mol. The van der Waals surface area contributed by atoms with Gasteiger partial charge in [-0.25, -0.2) is 0 Å². The van der Waals surface area contributed by atoms with E-state index in [1.165, 1.54) is 19.9 Å². The molecule has 3 aromatic rings. The van der Waals surface area contributed by atoms with E-state index in [2.05, 4.69) is 0 Å². The second-order valence-electron chi connectivity index (χ2n) is 15.4. The van der Waals surface area contributed by atoms with E-state index >= 15 is 0 Å². The summed E-state index contributed by atoms with van der Waals surface area (Å²) in [5.41, 5.74) is -1.49. The summed E-state index contributed by atoms with van der Waals surface area (Å²) in [5, 5.41) is 147. The summed E-state index contributed by atoms with van der Waals surface area (Å²) in [6.07, 6.45) is -31.8. The number of aliphatic hydroxyl groups is 10. The molecule has 2 aromatic carbocycles. The third-order valence-electron chi connectivity index (χ3n) is 11.1. The van der Waals surface area contributed by atoms with Crippen LogP contribution in [0.2, 0.25) is 0 Å². The van der Waals surface area contributed by atoms with Gasteiger partial charge in [0.25, 0.3) is 0 Å². The predicted molar refractivity (Wildman–Crippen MR) is 198 cm³/mol. The number of phenolic OH excluding ortho intramolecular Hbond substituents is 3. The standard InChI is InChI=1S/C38H48O24/c1-10-21(43)27(49)33(62-38-34(28(50)22(44)11(2)57-38)61-35-30(52)23(45)17(42)8-54-35)37(56-10)55-9-19-24(46)26(48)31(53)36(60-19)58-13-6-16(41)20-18(7-13)59-32(29(51)25(20)47)12-3-4-14(39)15(40)5-12/h3-7,10-11,17,19,21-24,26-28,30-31,33-46,48-53H,8-9H2,1-2H3. The first-order chi connectivity index (χ1) is 29.3. The van der Waals surface area contributed by atoms with Crippen LogP contribution >= 0.6 is 0 Å². The van der Waals surface area contributed by atoms with Gasteiger partial charge in [-0.1, -0.05) is 0 Å². The highest BCUT2D eigenvalue weighted by atomic mass is 16.8. The van der Waals surface area contributed by atoms with E-state index in [-0.39, 0.29) is 16.9 Å². The number of fused-ring (bicyclic) bond motifs is 1. The van der Waals surface area contributed by atoms with Crippen LogP contribution in [0.3, 0.4) is 0 Å². The lowest BCUT2D eigenvalue weighted by Crippen LogP contribution is -2.65. The van der Waals surface area contributed by atoms with Crippen LogP contribution in [0.25, 0.3) is 22.3 Å². The second kappa shape index (κ2) is 18.2. The molecule has 5 heterocycles. The highest BCUT2D eigenvalue weighted by Crippen LogP contribution is 2.39. The number of benzene rings is 2. The molecule has 0 aliphatic carbocycles. The summed E-state index contributed by atoms with van der Waals surface area (Å²) < 4.78 is 51.5. The third-order valence-corrected chi connectivity index (χ3v) is 11.1. The van der Waals surface area contributed by atoms with E-state index in [1.54, 1.807) is 0 Å². The van der Waals surface area contributed by atoms with Crippen molar-refractivity contribution >= 4 is 11.0 Å². The molecule has 0 saturated carbocycles. The van der Waals surface area contributed by atoms with Gasteiger partial charge in [0.1, 0.15) is 102 Å². The summed E-state index contributed by atoms with van der Waals surface area (Å²) in [6, 6.07) is 5.27. The fraction of sp³-hybridized carbons (Fsp3) is 0.605. The Balaban J connectivity index is 1.09. The molecule has 344 valence electrons. The molecule has 4 aliphatic rings. The van der Waals surface area contributed by atoms with E-state index < -0.39 is 170 Å². The molecule has 14 N–H and O–H groups in total. The maximum atomic E-state index is 13.1. The van der Waals surface area contributed by atoms with Crippen LogP contribution in [0.4, 0.5) is 0 Å². The number of ether oxygens (including phenoxy) is 8. The molecule has 7 rings (SSSR count). The number of aromatic hydroxyl groups is 4. The van der Waals surface area contributed by atoms with Crippen molar-refractivity contribution in [2.24, 2.45) is 0 Å². The molecule has 62 heavy (non-hydrogen) atoms. The van der Waals surface area contributed by atoms with E-state index in [1.807, 2.05) is 0 Å². The van der Waals surface area contributed by atoms with Gasteiger partial charge in [0.2, 0.25) is 17.5 Å². The number of hydrogen-bond acceptors (Lipinski definition) is 24. The lowest BCUT2D eigenvalue weighted by molar-refractivity contribution is -0.387. The lowest BCUT2D eigenvalue weighted by atomic mass is 9.97. The maximum Gasteiger partial charge on any atom is 0.238 e. The van der Waals surface area contributed by atoms with Gasteiger partial charge in [-0.2, -0.15) is 0 Å². The zero-order valence-electron chi connectivity index (χ0n) is 32.6. The molecule has 0 spiro atoms. The van der Waals surface area contributed by atoms with Gasteiger partial charge in [0.05, 0.1) is 25.4 Å². The first kappa shape index (κ1) is 46.0. The van der Waals surface area contributed by atoms with E-state index in [9.17, 15) is 76.3 Å². The molecule has 0 bridgehead atoms. The van der Waals surface area contributed by atoms with Crippen molar-refractivity contribution in [3.63, 3.8) is 0 Å². The van der Waals surface area contributed by atoms with Crippen molar-refractivity contribution in [3.05, 3.63) is 40.6 Å². The van der Waals surface area contributed by atoms with Gasteiger partial charge >= 0.3 is 0 Å². The molecule has 19 atom stereocenters. The summed E-state index contributed by atoms with van der Waals surface area (Å²) in [4.78, 5) is 13.1. The highest BCUT2D eigenvalue weighted by Gasteiger charge is 2.53. The van der Waals surface area contributed by atoms with E-state index in [4.69, 9.17) is 42.3 Å². The number of rotatable bonds is 10. The predicted octanol–water partition coefficient (Wildman–Crippen LogP) is -4.37. The largest absolute Gasteiger partial charge is 0.507 e. The maximum absolute atomic E-state index is 13.1. The lowest BCUT2D eigenvalue weighted by Gasteiger charge is -2.48. The van der Waals surface area contributed by atoms with Crippen LogP contribution < -0.4 is 10.2 Å². The molecule has 4 fully saturated rings. The molecule has 4 aliphatic heterocycles. The smallest absolute Gasteiger partial charge is 0.238 e. The molecule has 1 aromatic heterocycles. The Hall–Kier alpha value is -4.03. The van der Waals surface area contributed by atoms with Gasteiger partial charge in [-0.3, -0.25) is 4.79 Å². The first-order valence-corrected chi connectivity index (χ1v) is 19.3. The number of hydrogen-bond donors (Lipinski definition) is 14. The molecular weight excluding hydrogens is 840 g/mol. The normalized spacial score (nSPS) is 40.4. The van der Waals surface area contributed by atoms with Crippen LogP contribution in [0, 0.1) is 0 Å². The SMILES string of the molecule is CC1OC(OC2C(OCC3OC(Oc4cc(O)c5c(=O)c(O)c(-c6ccc(O)c(O)c6)oc5c4)C(O)C(O)C3O)OC(C)C(O)C2O)C(OC2OCC(O)C(O)C2O)C(O)C1O. The van der Waals surface area contributed by atoms with Crippen molar-refractivity contribution in [1.29, 1.82) is 0 Å². The zero-order valence-corrected chi connectivity index (χ0v) is 32.6. The molecular formula is C38H48O24. The van der Waals surface area contributed by atoms with Crippen molar-refractivity contribution < 1.29 is 114 Å². The average Bonchev–Trinajstić information content (AvgIpc) is 3.23. The fourth-order valence-electron chi connectivity index (χ4n) is 7.42. The molecule has 4 saturated heterocycles. The van der Waals surface area contributed by atoms with E-state index in [0.29, 0.717) is 0 Å². The number of aliphatic hydroxyl groups excluding tert-OH is 10. The van der Waals surface area contributed by atoms with Crippen LogP contribution in [-0.2, 0) is 33.2 Å². The Morgan fingerprint density at radius 3 is 1.89 bits per heavy atom. The minimum atomic E-state index is -1.97. The summed E-state index contributed by atoms with van der Waals surface area (Å²) in [7, 11) is 0. The molecule has 24 nitrogen and oxygen atoms in total. The van der Waals surface area contributed by atoms with Crippen LogP contribution in [-0.4, -0.2) is 201 Å². The van der Waals surface area contributed by atoms with Crippen molar-refractivity contribution in [2.45, 2.75) is 131 Å². The Morgan fingerprint density at radius 2 is 1.23 bits per heavy atom. The van der Waals surface area contributed by atoms with Gasteiger partial charge in [-0.05, 0) is 32.0 Å². The van der Waals surface area contributed by atoms with Crippen LogP contribution in [0.5, 0.6) is 28.7 Å². The fourth-order valence-corrected chi connectivity index (χ4v) is 7.42. The minimum absolute atomic E-state index is 0.0406. The Morgan fingerprint density at radius 1 is 0.613 bits per heavy atom. The van der Waals surface area contributed by atoms with Gasteiger partial charge in [0, 0.05) is 17.7 Å². The topological polar surface area (TPSA) is 387 Å². The zero-order chi connectivity index (χ0) is 45.1. The van der Waals surface area contributed by atoms with Crippen LogP contribution in [0.1, 0.15) is 13.8 Å². The quantitative estimate of drug-likeness (QED) is 0.0855. The highest BCUT2D eigenvalue weighted by molar-refractivity contribution is 5.88. The van der Waals surface area contributed by atoms with Crippen molar-refractivity contribution in [3.8, 4) is 40.1 Å². The number of phenols is 3.